The van der Waals surface area contributed by atoms with Crippen LogP contribution in [0.5, 0.6) is 5.75 Å². The molecular formula is C14H18N2O3. The summed E-state index contributed by atoms with van der Waals surface area (Å²) < 4.78 is 12.2. The molecule has 1 aromatic carbocycles. The molecule has 0 unspecified atom stereocenters. The summed E-state index contributed by atoms with van der Waals surface area (Å²) in [4.78, 5) is 11.9. The SMILES string of the molecule is CCOC(=O)c1cc(OC)c2c(c1)c(CC)nn2C. The fourth-order valence-corrected chi connectivity index (χ4v) is 2.20. The van der Waals surface area contributed by atoms with Gasteiger partial charge in [0.15, 0.2) is 0 Å². The summed E-state index contributed by atoms with van der Waals surface area (Å²) in [5.41, 5.74) is 2.34. The number of hydrogen-bond acceptors (Lipinski definition) is 4. The van der Waals surface area contributed by atoms with E-state index >= 15 is 0 Å². The van der Waals surface area contributed by atoms with Crippen LogP contribution in [0.3, 0.4) is 0 Å². The highest BCUT2D eigenvalue weighted by Gasteiger charge is 2.17. The standard InChI is InChI=1S/C14H18N2O3/c1-5-11-10-7-9(14(17)19-6-2)8-12(18-4)13(10)16(3)15-11/h7-8H,5-6H2,1-4H3. The van der Waals surface area contributed by atoms with Crippen molar-refractivity contribution in [2.45, 2.75) is 20.3 Å². The third-order valence-electron chi connectivity index (χ3n) is 3.05. The number of hydrogen-bond donors (Lipinski definition) is 0. The molecular weight excluding hydrogens is 244 g/mol. The second-order valence-corrected chi connectivity index (χ2v) is 4.22. The Bertz CT molecular complexity index is 617. The Labute approximate surface area is 112 Å². The van der Waals surface area contributed by atoms with E-state index in [1.807, 2.05) is 20.0 Å². The number of carbonyl (C=O) groups is 1. The van der Waals surface area contributed by atoms with E-state index in [0.29, 0.717) is 17.9 Å². The second-order valence-electron chi connectivity index (χ2n) is 4.22. The van der Waals surface area contributed by atoms with E-state index < -0.39 is 0 Å². The van der Waals surface area contributed by atoms with Crippen LogP contribution in [-0.2, 0) is 18.2 Å². The first-order valence-electron chi connectivity index (χ1n) is 6.33. The van der Waals surface area contributed by atoms with Crippen molar-refractivity contribution in [3.8, 4) is 5.75 Å². The predicted octanol–water partition coefficient (Wildman–Crippen LogP) is 2.32. The number of benzene rings is 1. The molecule has 0 N–H and O–H groups in total. The topological polar surface area (TPSA) is 53.4 Å². The largest absolute Gasteiger partial charge is 0.494 e. The fourth-order valence-electron chi connectivity index (χ4n) is 2.20. The number of rotatable bonds is 4. The van der Waals surface area contributed by atoms with Gasteiger partial charge in [-0.15, -0.1) is 0 Å². The molecule has 0 spiro atoms. The predicted molar refractivity (Wildman–Crippen MR) is 72.6 cm³/mol. The molecule has 2 aromatic rings. The van der Waals surface area contributed by atoms with Gasteiger partial charge in [0.05, 0.1) is 25.0 Å². The number of methoxy groups -OCH3 is 1. The molecule has 0 radical (unpaired) electrons. The number of fused-ring (bicyclic) bond motifs is 1. The summed E-state index contributed by atoms with van der Waals surface area (Å²) in [6, 6.07) is 3.52. The summed E-state index contributed by atoms with van der Waals surface area (Å²) in [5, 5.41) is 5.39. The van der Waals surface area contributed by atoms with E-state index in [4.69, 9.17) is 9.47 Å². The lowest BCUT2D eigenvalue weighted by Gasteiger charge is -2.07. The van der Waals surface area contributed by atoms with Crippen molar-refractivity contribution in [2.24, 2.45) is 7.05 Å². The molecule has 0 saturated carbocycles. The molecule has 0 fully saturated rings. The molecule has 0 bridgehead atoms. The van der Waals surface area contributed by atoms with Crippen molar-refractivity contribution in [2.75, 3.05) is 13.7 Å². The zero-order valence-corrected chi connectivity index (χ0v) is 11.7. The molecule has 0 saturated heterocycles. The third kappa shape index (κ3) is 2.28. The van der Waals surface area contributed by atoms with Crippen LogP contribution in [0.1, 0.15) is 29.9 Å². The highest BCUT2D eigenvalue weighted by molar-refractivity contribution is 5.98. The Morgan fingerprint density at radius 2 is 2.11 bits per heavy atom. The molecule has 1 aromatic heterocycles. The van der Waals surface area contributed by atoms with Crippen LogP contribution >= 0.6 is 0 Å². The van der Waals surface area contributed by atoms with Gasteiger partial charge in [0.1, 0.15) is 11.3 Å². The Morgan fingerprint density at radius 3 is 2.68 bits per heavy atom. The summed E-state index contributed by atoms with van der Waals surface area (Å²) in [5.74, 6) is 0.295. The van der Waals surface area contributed by atoms with E-state index in [9.17, 15) is 4.79 Å². The summed E-state index contributed by atoms with van der Waals surface area (Å²) in [6.45, 7) is 4.17. The van der Waals surface area contributed by atoms with Gasteiger partial charge < -0.3 is 9.47 Å². The van der Waals surface area contributed by atoms with Gasteiger partial charge in [0, 0.05) is 12.4 Å². The van der Waals surface area contributed by atoms with Crippen molar-refractivity contribution in [3.63, 3.8) is 0 Å². The van der Waals surface area contributed by atoms with E-state index in [1.165, 1.54) is 0 Å². The van der Waals surface area contributed by atoms with Crippen molar-refractivity contribution in [1.82, 2.24) is 9.78 Å². The minimum atomic E-state index is -0.339. The zero-order chi connectivity index (χ0) is 14.0. The molecule has 0 aliphatic heterocycles. The normalized spacial score (nSPS) is 10.7. The van der Waals surface area contributed by atoms with Crippen molar-refractivity contribution in [1.29, 1.82) is 0 Å². The fraction of sp³-hybridized carbons (Fsp3) is 0.429. The Kier molecular flexibility index (Phi) is 3.74. The maximum absolute atomic E-state index is 11.9. The van der Waals surface area contributed by atoms with E-state index in [2.05, 4.69) is 5.10 Å². The molecule has 2 rings (SSSR count). The first-order valence-corrected chi connectivity index (χ1v) is 6.33. The maximum Gasteiger partial charge on any atom is 0.338 e. The number of ether oxygens (including phenoxy) is 2. The van der Waals surface area contributed by atoms with Crippen molar-refractivity contribution < 1.29 is 14.3 Å². The van der Waals surface area contributed by atoms with Gasteiger partial charge in [-0.25, -0.2) is 4.79 Å². The summed E-state index contributed by atoms with van der Waals surface area (Å²) in [7, 11) is 3.45. The minimum absolute atomic E-state index is 0.339. The lowest BCUT2D eigenvalue weighted by molar-refractivity contribution is 0.0526. The molecule has 5 nitrogen and oxygen atoms in total. The quantitative estimate of drug-likeness (QED) is 0.793. The average Bonchev–Trinajstić information content (AvgIpc) is 2.75. The van der Waals surface area contributed by atoms with Crippen LogP contribution in [-0.4, -0.2) is 29.5 Å². The average molecular weight is 262 g/mol. The highest BCUT2D eigenvalue weighted by atomic mass is 16.5. The van der Waals surface area contributed by atoms with Gasteiger partial charge in [0.25, 0.3) is 0 Å². The van der Waals surface area contributed by atoms with Gasteiger partial charge >= 0.3 is 5.97 Å². The molecule has 19 heavy (non-hydrogen) atoms. The molecule has 5 heteroatoms. The number of aryl methyl sites for hydroxylation is 2. The molecule has 102 valence electrons. The van der Waals surface area contributed by atoms with Gasteiger partial charge in [-0.2, -0.15) is 5.10 Å². The van der Waals surface area contributed by atoms with Gasteiger partial charge in [0.2, 0.25) is 0 Å². The monoisotopic (exact) mass is 262 g/mol. The Morgan fingerprint density at radius 1 is 1.37 bits per heavy atom. The Balaban J connectivity index is 2.67. The van der Waals surface area contributed by atoms with E-state index in [-0.39, 0.29) is 5.97 Å². The van der Waals surface area contributed by atoms with E-state index in [1.54, 1.807) is 24.8 Å². The Hall–Kier alpha value is -2.04. The highest BCUT2D eigenvalue weighted by Crippen LogP contribution is 2.30. The summed E-state index contributed by atoms with van der Waals surface area (Å²) >= 11 is 0. The van der Waals surface area contributed by atoms with Crippen LogP contribution in [0.15, 0.2) is 12.1 Å². The van der Waals surface area contributed by atoms with Crippen LogP contribution in [0.25, 0.3) is 10.9 Å². The lowest BCUT2D eigenvalue weighted by Crippen LogP contribution is -2.05. The third-order valence-corrected chi connectivity index (χ3v) is 3.05. The van der Waals surface area contributed by atoms with Crippen LogP contribution < -0.4 is 4.74 Å². The molecule has 0 aliphatic rings. The van der Waals surface area contributed by atoms with Gasteiger partial charge in [-0.3, -0.25) is 4.68 Å². The number of aromatic nitrogens is 2. The van der Waals surface area contributed by atoms with Crippen molar-refractivity contribution >= 4 is 16.9 Å². The second kappa shape index (κ2) is 5.30. The number of esters is 1. The molecule has 0 aliphatic carbocycles. The van der Waals surface area contributed by atoms with Gasteiger partial charge in [-0.1, -0.05) is 6.92 Å². The first-order chi connectivity index (χ1) is 9.12. The van der Waals surface area contributed by atoms with Crippen LogP contribution in [0, 0.1) is 0 Å². The zero-order valence-electron chi connectivity index (χ0n) is 11.7. The van der Waals surface area contributed by atoms with E-state index in [0.717, 1.165) is 23.0 Å². The lowest BCUT2D eigenvalue weighted by atomic mass is 10.1. The molecule has 0 amide bonds. The number of nitrogens with zero attached hydrogens (tertiary/aromatic N) is 2. The van der Waals surface area contributed by atoms with Crippen LogP contribution in [0.4, 0.5) is 0 Å². The number of carbonyl (C=O) groups excluding carboxylic acids is 1. The smallest absolute Gasteiger partial charge is 0.338 e. The van der Waals surface area contributed by atoms with Crippen LogP contribution in [0.2, 0.25) is 0 Å². The van der Waals surface area contributed by atoms with Gasteiger partial charge in [-0.05, 0) is 25.5 Å². The molecule has 1 heterocycles. The summed E-state index contributed by atoms with van der Waals surface area (Å²) in [6.07, 6.45) is 0.798. The maximum atomic E-state index is 11.9. The first kappa shape index (κ1) is 13.4. The van der Waals surface area contributed by atoms with Crippen molar-refractivity contribution in [3.05, 3.63) is 23.4 Å². The minimum Gasteiger partial charge on any atom is -0.494 e. The molecule has 0 atom stereocenters.